The van der Waals surface area contributed by atoms with Crippen molar-refractivity contribution >= 4 is 12.6 Å². The van der Waals surface area contributed by atoms with E-state index in [4.69, 9.17) is 10.4 Å². The normalized spacial score (nSPS) is 29.3. The molecule has 3 aliphatic rings. The van der Waals surface area contributed by atoms with Gasteiger partial charge in [0.1, 0.15) is 6.33 Å². The van der Waals surface area contributed by atoms with E-state index < -0.39 is 7.12 Å². The third-order valence-corrected chi connectivity index (χ3v) is 6.72. The number of rotatable bonds is 5. The van der Waals surface area contributed by atoms with Crippen molar-refractivity contribution in [3.05, 3.63) is 30.1 Å². The number of tetrazole rings is 1. The molecule has 0 amide bonds. The Morgan fingerprint density at radius 1 is 1.35 bits per heavy atom. The fraction of sp³-hybridized carbons (Fsp3) is 0.611. The Morgan fingerprint density at radius 3 is 2.77 bits per heavy atom. The Kier molecular flexibility index (Phi) is 4.37. The standard InChI is InChI=1S/C18H26BN5O2/c1-11-16-6-13(18(16,2)3)7-17(11)26-19(25)14-4-12(9-20)5-15(8-14)24-10-21-22-23-24/h4-5,8,10-11,13,16-17,25H,6-7,9,20H2,1-3H3/t11-,13+,16-,17-/m1/s1. The summed E-state index contributed by atoms with van der Waals surface area (Å²) < 4.78 is 7.66. The highest BCUT2D eigenvalue weighted by atomic mass is 16.5. The molecule has 8 heteroatoms. The minimum Gasteiger partial charge on any atom is -0.423 e. The first-order valence-corrected chi connectivity index (χ1v) is 9.31. The predicted molar refractivity (Wildman–Crippen MR) is 98.7 cm³/mol. The van der Waals surface area contributed by atoms with E-state index in [9.17, 15) is 5.02 Å². The Labute approximate surface area is 154 Å². The first-order chi connectivity index (χ1) is 12.4. The second kappa shape index (κ2) is 6.44. The molecule has 3 aliphatic carbocycles. The molecule has 138 valence electrons. The van der Waals surface area contributed by atoms with Gasteiger partial charge in [-0.15, -0.1) is 5.10 Å². The van der Waals surface area contributed by atoms with Gasteiger partial charge in [-0.25, -0.2) is 4.68 Å². The number of benzene rings is 1. The molecule has 0 aliphatic heterocycles. The quantitative estimate of drug-likeness (QED) is 0.773. The zero-order valence-corrected chi connectivity index (χ0v) is 15.5. The van der Waals surface area contributed by atoms with E-state index in [0.717, 1.165) is 17.7 Å². The van der Waals surface area contributed by atoms with Crippen molar-refractivity contribution in [2.24, 2.45) is 28.9 Å². The molecule has 3 saturated carbocycles. The number of nitrogens with zero attached hydrogens (tertiary/aromatic N) is 4. The summed E-state index contributed by atoms with van der Waals surface area (Å²) in [7, 11) is -0.982. The molecule has 1 aromatic heterocycles. The molecule has 3 fully saturated rings. The van der Waals surface area contributed by atoms with Crippen LogP contribution in [0, 0.1) is 23.2 Å². The Bertz CT molecular complexity index is 782. The molecule has 4 atom stereocenters. The van der Waals surface area contributed by atoms with Crippen LogP contribution in [0.3, 0.4) is 0 Å². The van der Waals surface area contributed by atoms with Crippen LogP contribution in [0.1, 0.15) is 39.2 Å². The number of nitrogens with two attached hydrogens (primary N) is 1. The number of hydrogen-bond acceptors (Lipinski definition) is 6. The lowest BCUT2D eigenvalue weighted by Gasteiger charge is -2.62. The molecule has 0 spiro atoms. The number of hydrogen-bond donors (Lipinski definition) is 2. The zero-order valence-electron chi connectivity index (χ0n) is 15.5. The van der Waals surface area contributed by atoms with Gasteiger partial charge in [-0.2, -0.15) is 0 Å². The second-order valence-electron chi connectivity index (χ2n) is 8.37. The van der Waals surface area contributed by atoms with Crippen LogP contribution in [0.25, 0.3) is 5.69 Å². The van der Waals surface area contributed by atoms with E-state index in [1.807, 2.05) is 18.2 Å². The molecular weight excluding hydrogens is 329 g/mol. The summed E-state index contributed by atoms with van der Waals surface area (Å²) in [6.45, 7) is 7.34. The van der Waals surface area contributed by atoms with Gasteiger partial charge in [0, 0.05) is 12.6 Å². The third kappa shape index (κ3) is 2.86. The molecule has 2 aromatic rings. The van der Waals surface area contributed by atoms with Crippen LogP contribution >= 0.6 is 0 Å². The molecule has 0 radical (unpaired) electrons. The van der Waals surface area contributed by atoms with Crippen LogP contribution < -0.4 is 11.2 Å². The van der Waals surface area contributed by atoms with Crippen molar-refractivity contribution in [2.75, 3.05) is 0 Å². The molecule has 26 heavy (non-hydrogen) atoms. The average Bonchev–Trinajstić information content (AvgIpc) is 3.17. The SMILES string of the molecule is C[C@@H]1[C@H]2C[C@@H](C[C@H]1OB(O)c1cc(CN)cc(-n3cnnn3)c1)C2(C)C. The maximum Gasteiger partial charge on any atom is 0.491 e. The van der Waals surface area contributed by atoms with Crippen LogP contribution in [0.2, 0.25) is 0 Å². The van der Waals surface area contributed by atoms with E-state index in [1.165, 1.54) is 12.7 Å². The lowest BCUT2D eigenvalue weighted by atomic mass is 9.45. The fourth-order valence-electron chi connectivity index (χ4n) is 4.90. The maximum absolute atomic E-state index is 10.7. The molecule has 1 aromatic carbocycles. The lowest BCUT2D eigenvalue weighted by Crippen LogP contribution is -2.58. The van der Waals surface area contributed by atoms with Crippen molar-refractivity contribution < 1.29 is 9.68 Å². The van der Waals surface area contributed by atoms with Crippen LogP contribution in [0.5, 0.6) is 0 Å². The van der Waals surface area contributed by atoms with Crippen LogP contribution in [-0.2, 0) is 11.2 Å². The molecule has 5 rings (SSSR count). The topological polar surface area (TPSA) is 99.1 Å². The van der Waals surface area contributed by atoms with Crippen LogP contribution in [0.15, 0.2) is 24.5 Å². The average molecular weight is 355 g/mol. The predicted octanol–water partition coefficient (Wildman–Crippen LogP) is 0.896. The largest absolute Gasteiger partial charge is 0.491 e. The zero-order chi connectivity index (χ0) is 18.5. The maximum atomic E-state index is 10.7. The molecule has 0 unspecified atom stereocenters. The first-order valence-electron chi connectivity index (χ1n) is 9.31. The van der Waals surface area contributed by atoms with Crippen LogP contribution in [-0.4, -0.2) is 38.5 Å². The van der Waals surface area contributed by atoms with E-state index >= 15 is 0 Å². The summed E-state index contributed by atoms with van der Waals surface area (Å²) in [4.78, 5) is 0. The fourth-order valence-corrected chi connectivity index (χ4v) is 4.90. The van der Waals surface area contributed by atoms with E-state index in [1.54, 1.807) is 4.68 Å². The van der Waals surface area contributed by atoms with E-state index in [0.29, 0.717) is 35.2 Å². The molecular formula is C18H26BN5O2. The third-order valence-electron chi connectivity index (χ3n) is 6.72. The van der Waals surface area contributed by atoms with E-state index in [2.05, 4.69) is 36.3 Å². The van der Waals surface area contributed by atoms with E-state index in [-0.39, 0.29) is 6.10 Å². The smallest absolute Gasteiger partial charge is 0.423 e. The van der Waals surface area contributed by atoms with Crippen molar-refractivity contribution in [3.8, 4) is 5.69 Å². The summed E-state index contributed by atoms with van der Waals surface area (Å²) in [5.41, 5.74) is 8.56. The van der Waals surface area contributed by atoms with Gasteiger partial charge < -0.3 is 15.4 Å². The highest BCUT2D eigenvalue weighted by molar-refractivity contribution is 6.60. The lowest BCUT2D eigenvalue weighted by molar-refractivity contribution is -0.150. The van der Waals surface area contributed by atoms with Gasteiger partial charge >= 0.3 is 7.12 Å². The van der Waals surface area contributed by atoms with Gasteiger partial charge in [-0.05, 0) is 69.6 Å². The monoisotopic (exact) mass is 355 g/mol. The number of aromatic nitrogens is 4. The van der Waals surface area contributed by atoms with Gasteiger partial charge in [0.25, 0.3) is 0 Å². The molecule has 7 nitrogen and oxygen atoms in total. The summed E-state index contributed by atoms with van der Waals surface area (Å²) >= 11 is 0. The van der Waals surface area contributed by atoms with Crippen LogP contribution in [0.4, 0.5) is 0 Å². The van der Waals surface area contributed by atoms with Gasteiger partial charge in [-0.1, -0.05) is 26.8 Å². The highest BCUT2D eigenvalue weighted by Crippen LogP contribution is 2.61. The Morgan fingerprint density at radius 2 is 2.15 bits per heavy atom. The molecule has 1 heterocycles. The Hall–Kier alpha value is -1.77. The summed E-state index contributed by atoms with van der Waals surface area (Å²) in [6.07, 6.45) is 3.90. The van der Waals surface area contributed by atoms with Crippen molar-refractivity contribution in [1.29, 1.82) is 0 Å². The van der Waals surface area contributed by atoms with Gasteiger partial charge in [-0.3, -0.25) is 0 Å². The van der Waals surface area contributed by atoms with Gasteiger partial charge in [0.05, 0.1) is 5.69 Å². The Balaban J connectivity index is 1.53. The first kappa shape index (κ1) is 17.6. The number of fused-ring (bicyclic) bond motifs is 2. The highest BCUT2D eigenvalue weighted by Gasteiger charge is 2.56. The minimum atomic E-state index is -0.982. The minimum absolute atomic E-state index is 0.0831. The molecule has 3 N–H and O–H groups in total. The second-order valence-corrected chi connectivity index (χ2v) is 8.37. The van der Waals surface area contributed by atoms with Crippen molar-refractivity contribution in [1.82, 2.24) is 20.2 Å². The summed E-state index contributed by atoms with van der Waals surface area (Å²) in [6, 6.07) is 5.64. The summed E-state index contributed by atoms with van der Waals surface area (Å²) in [5, 5.41) is 22.0. The molecule has 0 saturated heterocycles. The van der Waals surface area contributed by atoms with Crippen molar-refractivity contribution in [2.45, 2.75) is 46.3 Å². The summed E-state index contributed by atoms with van der Waals surface area (Å²) in [5.74, 6) is 1.81. The van der Waals surface area contributed by atoms with Gasteiger partial charge in [0.15, 0.2) is 0 Å². The van der Waals surface area contributed by atoms with Crippen molar-refractivity contribution in [3.63, 3.8) is 0 Å². The molecule has 2 bridgehead atoms. The van der Waals surface area contributed by atoms with Gasteiger partial charge in [0.2, 0.25) is 0 Å².